The van der Waals surface area contributed by atoms with Gasteiger partial charge in [0.15, 0.2) is 6.10 Å². The summed E-state index contributed by atoms with van der Waals surface area (Å²) in [5.74, 6) is -1.56. The van der Waals surface area contributed by atoms with Gasteiger partial charge in [0.25, 0.3) is 0 Å². The number of aromatic nitrogens is 2. The second kappa shape index (κ2) is 6.54. The molecule has 2 aromatic rings. The van der Waals surface area contributed by atoms with E-state index in [0.717, 1.165) is 0 Å². The first-order valence-electron chi connectivity index (χ1n) is 6.57. The Morgan fingerprint density at radius 3 is 2.73 bits per heavy atom. The van der Waals surface area contributed by atoms with Gasteiger partial charge in [-0.15, -0.1) is 0 Å². The lowest BCUT2D eigenvalue weighted by Crippen LogP contribution is -2.30. The van der Waals surface area contributed by atoms with Crippen molar-refractivity contribution in [2.75, 3.05) is 13.7 Å². The molecule has 2 atom stereocenters. The first kappa shape index (κ1) is 15.9. The Bertz CT molecular complexity index is 696. The SMILES string of the molecule is CCOC(=O)C(O)C(O)c1cc(C(=O)OC)c2cn[nH]c2c1. The monoisotopic (exact) mass is 308 g/mol. The fourth-order valence-corrected chi connectivity index (χ4v) is 2.06. The molecule has 0 fully saturated rings. The summed E-state index contributed by atoms with van der Waals surface area (Å²) in [7, 11) is 1.23. The van der Waals surface area contributed by atoms with Gasteiger partial charge in [-0.1, -0.05) is 0 Å². The number of methoxy groups -OCH3 is 1. The fourth-order valence-electron chi connectivity index (χ4n) is 2.06. The van der Waals surface area contributed by atoms with Crippen LogP contribution in [0, 0.1) is 0 Å². The number of aromatic amines is 1. The highest BCUT2D eigenvalue weighted by Crippen LogP contribution is 2.26. The molecule has 0 spiro atoms. The van der Waals surface area contributed by atoms with Gasteiger partial charge in [-0.25, -0.2) is 9.59 Å². The first-order chi connectivity index (χ1) is 10.5. The highest BCUT2D eigenvalue weighted by atomic mass is 16.5. The van der Waals surface area contributed by atoms with E-state index in [0.29, 0.717) is 10.9 Å². The third-order valence-electron chi connectivity index (χ3n) is 3.15. The molecule has 8 nitrogen and oxygen atoms in total. The van der Waals surface area contributed by atoms with Crippen LogP contribution in [0.1, 0.15) is 28.9 Å². The summed E-state index contributed by atoms with van der Waals surface area (Å²) in [6.07, 6.45) is -1.86. The normalized spacial score (nSPS) is 13.6. The van der Waals surface area contributed by atoms with E-state index in [1.165, 1.54) is 25.4 Å². The van der Waals surface area contributed by atoms with Gasteiger partial charge in [0.1, 0.15) is 6.10 Å². The zero-order valence-electron chi connectivity index (χ0n) is 12.1. The maximum Gasteiger partial charge on any atom is 0.338 e. The van der Waals surface area contributed by atoms with Gasteiger partial charge in [-0.2, -0.15) is 5.10 Å². The molecule has 0 bridgehead atoms. The molecule has 118 valence electrons. The van der Waals surface area contributed by atoms with Gasteiger partial charge in [0.2, 0.25) is 0 Å². The van der Waals surface area contributed by atoms with Crippen molar-refractivity contribution in [3.05, 3.63) is 29.5 Å². The largest absolute Gasteiger partial charge is 0.465 e. The number of ether oxygens (including phenoxy) is 2. The molecule has 0 saturated heterocycles. The van der Waals surface area contributed by atoms with Crippen molar-refractivity contribution < 1.29 is 29.3 Å². The van der Waals surface area contributed by atoms with Gasteiger partial charge in [0.05, 0.1) is 31.0 Å². The van der Waals surface area contributed by atoms with Crippen LogP contribution in [0.5, 0.6) is 0 Å². The summed E-state index contributed by atoms with van der Waals surface area (Å²) in [6.45, 7) is 1.67. The van der Waals surface area contributed by atoms with E-state index in [-0.39, 0.29) is 17.7 Å². The molecular weight excluding hydrogens is 292 g/mol. The predicted octanol–water partition coefficient (Wildman–Crippen LogP) is 0.307. The summed E-state index contributed by atoms with van der Waals surface area (Å²) < 4.78 is 9.34. The van der Waals surface area contributed by atoms with Crippen LogP contribution in [0.3, 0.4) is 0 Å². The molecule has 1 aromatic carbocycles. The maximum atomic E-state index is 11.8. The zero-order chi connectivity index (χ0) is 16.3. The molecule has 0 aliphatic rings. The molecule has 0 amide bonds. The minimum Gasteiger partial charge on any atom is -0.465 e. The highest BCUT2D eigenvalue weighted by molar-refractivity contribution is 6.03. The van der Waals surface area contributed by atoms with E-state index in [4.69, 9.17) is 0 Å². The summed E-state index contributed by atoms with van der Waals surface area (Å²) in [5, 5.41) is 26.9. The van der Waals surface area contributed by atoms with Gasteiger partial charge in [0, 0.05) is 5.39 Å². The summed E-state index contributed by atoms with van der Waals surface area (Å²) in [5.41, 5.74) is 0.796. The number of hydrogen-bond acceptors (Lipinski definition) is 7. The van der Waals surface area contributed by atoms with Gasteiger partial charge < -0.3 is 19.7 Å². The van der Waals surface area contributed by atoms with Gasteiger partial charge in [-0.3, -0.25) is 5.10 Å². The molecule has 2 unspecified atom stereocenters. The van der Waals surface area contributed by atoms with Crippen LogP contribution in [-0.2, 0) is 14.3 Å². The number of H-pyrrole nitrogens is 1. The Labute approximate surface area is 125 Å². The Kier molecular flexibility index (Phi) is 4.74. The lowest BCUT2D eigenvalue weighted by molar-refractivity contribution is -0.159. The Morgan fingerprint density at radius 2 is 2.09 bits per heavy atom. The van der Waals surface area contributed by atoms with Gasteiger partial charge >= 0.3 is 11.9 Å². The summed E-state index contributed by atoms with van der Waals surface area (Å²) >= 11 is 0. The quantitative estimate of drug-likeness (QED) is 0.679. The predicted molar refractivity (Wildman–Crippen MR) is 75.0 cm³/mol. The molecule has 0 saturated carbocycles. The van der Waals surface area contributed by atoms with Crippen molar-refractivity contribution in [2.45, 2.75) is 19.1 Å². The number of rotatable bonds is 5. The minimum atomic E-state index is -1.76. The molecule has 3 N–H and O–H groups in total. The van der Waals surface area contributed by atoms with Crippen molar-refractivity contribution in [3.63, 3.8) is 0 Å². The van der Waals surface area contributed by atoms with Crippen LogP contribution in [0.25, 0.3) is 10.9 Å². The number of benzene rings is 1. The van der Waals surface area contributed by atoms with Gasteiger partial charge in [-0.05, 0) is 24.6 Å². The van der Waals surface area contributed by atoms with E-state index >= 15 is 0 Å². The number of carbonyl (C=O) groups excluding carboxylic acids is 2. The van der Waals surface area contributed by atoms with E-state index in [1.807, 2.05) is 0 Å². The smallest absolute Gasteiger partial charge is 0.338 e. The topological polar surface area (TPSA) is 122 Å². The summed E-state index contributed by atoms with van der Waals surface area (Å²) in [4.78, 5) is 23.3. The molecule has 2 rings (SSSR count). The van der Waals surface area contributed by atoms with Crippen molar-refractivity contribution in [1.82, 2.24) is 10.2 Å². The molecular formula is C14H16N2O6. The lowest BCUT2D eigenvalue weighted by atomic mass is 9.99. The molecule has 1 aromatic heterocycles. The number of nitrogens with zero attached hydrogens (tertiary/aromatic N) is 1. The Morgan fingerprint density at radius 1 is 1.36 bits per heavy atom. The van der Waals surface area contributed by atoms with Crippen LogP contribution in [0.15, 0.2) is 18.3 Å². The van der Waals surface area contributed by atoms with Crippen LogP contribution in [0.2, 0.25) is 0 Å². The maximum absolute atomic E-state index is 11.8. The number of carbonyl (C=O) groups is 2. The number of aliphatic hydroxyl groups is 2. The van der Waals surface area contributed by atoms with Crippen LogP contribution >= 0.6 is 0 Å². The van der Waals surface area contributed by atoms with Crippen molar-refractivity contribution in [2.24, 2.45) is 0 Å². The lowest BCUT2D eigenvalue weighted by Gasteiger charge is -2.17. The molecule has 22 heavy (non-hydrogen) atoms. The second-order valence-electron chi connectivity index (χ2n) is 4.53. The average molecular weight is 308 g/mol. The van der Waals surface area contributed by atoms with E-state index < -0.39 is 24.1 Å². The zero-order valence-corrected chi connectivity index (χ0v) is 12.1. The van der Waals surface area contributed by atoms with Crippen molar-refractivity contribution >= 4 is 22.8 Å². The molecule has 8 heteroatoms. The van der Waals surface area contributed by atoms with Crippen molar-refractivity contribution in [3.8, 4) is 0 Å². The minimum absolute atomic E-state index is 0.0790. The third-order valence-corrected chi connectivity index (χ3v) is 3.15. The standard InChI is InChI=1S/C14H16N2O6/c1-3-22-14(20)12(18)11(17)7-4-8(13(19)21-2)9-6-15-16-10(9)5-7/h4-6,11-12,17-18H,3H2,1-2H3,(H,15,16). The molecule has 0 aliphatic heterocycles. The number of hydrogen-bond donors (Lipinski definition) is 3. The van der Waals surface area contributed by atoms with Crippen molar-refractivity contribution in [1.29, 1.82) is 0 Å². The Balaban J connectivity index is 2.42. The number of esters is 2. The average Bonchev–Trinajstić information content (AvgIpc) is 3.00. The van der Waals surface area contributed by atoms with Crippen LogP contribution in [-0.4, -0.2) is 52.2 Å². The fraction of sp³-hybridized carbons (Fsp3) is 0.357. The first-order valence-corrected chi connectivity index (χ1v) is 6.57. The summed E-state index contributed by atoms with van der Waals surface area (Å²) in [6, 6.07) is 2.83. The second-order valence-corrected chi connectivity index (χ2v) is 4.53. The number of nitrogens with one attached hydrogen (secondary N) is 1. The molecule has 0 aliphatic carbocycles. The van der Waals surface area contributed by atoms with Crippen LogP contribution < -0.4 is 0 Å². The third kappa shape index (κ3) is 2.92. The number of aliphatic hydroxyl groups excluding tert-OH is 2. The van der Waals surface area contributed by atoms with Crippen LogP contribution in [0.4, 0.5) is 0 Å². The highest BCUT2D eigenvalue weighted by Gasteiger charge is 2.28. The van der Waals surface area contributed by atoms with E-state index in [9.17, 15) is 19.8 Å². The Hall–Kier alpha value is -2.45. The number of fused-ring (bicyclic) bond motifs is 1. The molecule has 0 radical (unpaired) electrons. The van der Waals surface area contributed by atoms with E-state index in [1.54, 1.807) is 6.92 Å². The van der Waals surface area contributed by atoms with E-state index in [2.05, 4.69) is 19.7 Å². The molecule has 1 heterocycles.